The Morgan fingerprint density at radius 3 is 2.26 bits per heavy atom. The normalized spacial score (nSPS) is 10.9. The molecule has 0 aromatic heterocycles. The summed E-state index contributed by atoms with van der Waals surface area (Å²) in [4.78, 5) is 2.21. The Kier molecular flexibility index (Phi) is 5.40. The molecule has 0 spiro atoms. The minimum atomic E-state index is 0.160. The zero-order chi connectivity index (χ0) is 13.5. The molecule has 0 saturated heterocycles. The van der Waals surface area contributed by atoms with Gasteiger partial charge in [-0.1, -0.05) is 54.1 Å². The SMILES string of the molecule is OCCN(Cc1ccccc1)Cc1cccc(Cl)c1. The number of hydrogen-bond donors (Lipinski definition) is 1. The predicted molar refractivity (Wildman–Crippen MR) is 79.1 cm³/mol. The first-order chi connectivity index (χ1) is 9.28. The van der Waals surface area contributed by atoms with Gasteiger partial charge in [0.2, 0.25) is 0 Å². The van der Waals surface area contributed by atoms with Crippen LogP contribution >= 0.6 is 11.6 Å². The van der Waals surface area contributed by atoms with Crippen LogP contribution in [0.2, 0.25) is 5.02 Å². The molecule has 3 heteroatoms. The van der Waals surface area contributed by atoms with Crippen molar-refractivity contribution in [3.8, 4) is 0 Å². The van der Waals surface area contributed by atoms with Crippen molar-refractivity contribution in [2.75, 3.05) is 13.2 Å². The third-order valence-electron chi connectivity index (χ3n) is 2.96. The topological polar surface area (TPSA) is 23.5 Å². The van der Waals surface area contributed by atoms with Crippen molar-refractivity contribution in [3.05, 3.63) is 70.7 Å². The van der Waals surface area contributed by atoms with E-state index in [0.717, 1.165) is 23.7 Å². The highest BCUT2D eigenvalue weighted by Gasteiger charge is 2.06. The molecule has 0 bridgehead atoms. The average molecular weight is 276 g/mol. The minimum absolute atomic E-state index is 0.160. The second-order valence-corrected chi connectivity index (χ2v) is 4.99. The first-order valence-corrected chi connectivity index (χ1v) is 6.77. The van der Waals surface area contributed by atoms with E-state index in [1.54, 1.807) is 0 Å². The summed E-state index contributed by atoms with van der Waals surface area (Å²) in [7, 11) is 0. The second-order valence-electron chi connectivity index (χ2n) is 4.55. The van der Waals surface area contributed by atoms with Gasteiger partial charge in [-0.15, -0.1) is 0 Å². The van der Waals surface area contributed by atoms with Crippen LogP contribution in [0.1, 0.15) is 11.1 Å². The highest BCUT2D eigenvalue weighted by Crippen LogP contribution is 2.14. The summed E-state index contributed by atoms with van der Waals surface area (Å²) in [5, 5.41) is 9.93. The largest absolute Gasteiger partial charge is 0.395 e. The Hall–Kier alpha value is -1.35. The molecular formula is C16H18ClNO. The zero-order valence-electron chi connectivity index (χ0n) is 10.8. The maximum Gasteiger partial charge on any atom is 0.0558 e. The lowest BCUT2D eigenvalue weighted by molar-refractivity contribution is 0.184. The van der Waals surface area contributed by atoms with E-state index in [-0.39, 0.29) is 6.61 Å². The van der Waals surface area contributed by atoms with E-state index >= 15 is 0 Å². The van der Waals surface area contributed by atoms with Gasteiger partial charge < -0.3 is 5.11 Å². The molecule has 2 aromatic rings. The lowest BCUT2D eigenvalue weighted by Crippen LogP contribution is -2.26. The lowest BCUT2D eigenvalue weighted by atomic mass is 10.1. The van der Waals surface area contributed by atoms with Crippen LogP contribution in [0.25, 0.3) is 0 Å². The monoisotopic (exact) mass is 275 g/mol. The molecule has 0 unspecified atom stereocenters. The molecule has 2 nitrogen and oxygen atoms in total. The minimum Gasteiger partial charge on any atom is -0.395 e. The molecule has 0 aliphatic rings. The van der Waals surface area contributed by atoms with Gasteiger partial charge in [0.15, 0.2) is 0 Å². The van der Waals surface area contributed by atoms with Crippen LogP contribution in [0, 0.1) is 0 Å². The predicted octanol–water partition coefficient (Wildman–Crippen LogP) is 3.33. The number of aliphatic hydroxyl groups is 1. The Balaban J connectivity index is 2.04. The van der Waals surface area contributed by atoms with Gasteiger partial charge in [0.1, 0.15) is 0 Å². The molecule has 2 aromatic carbocycles. The summed E-state index contributed by atoms with van der Waals surface area (Å²) in [6.45, 7) is 2.43. The second kappa shape index (κ2) is 7.29. The quantitative estimate of drug-likeness (QED) is 0.874. The van der Waals surface area contributed by atoms with Gasteiger partial charge >= 0.3 is 0 Å². The van der Waals surface area contributed by atoms with Crippen LogP contribution in [-0.2, 0) is 13.1 Å². The van der Waals surface area contributed by atoms with Crippen LogP contribution in [-0.4, -0.2) is 23.2 Å². The van der Waals surface area contributed by atoms with E-state index < -0.39 is 0 Å². The van der Waals surface area contributed by atoms with Crippen LogP contribution < -0.4 is 0 Å². The van der Waals surface area contributed by atoms with Crippen LogP contribution in [0.3, 0.4) is 0 Å². The summed E-state index contributed by atoms with van der Waals surface area (Å²) in [5.74, 6) is 0. The van der Waals surface area contributed by atoms with Crippen LogP contribution in [0.15, 0.2) is 54.6 Å². The first-order valence-electron chi connectivity index (χ1n) is 6.39. The Morgan fingerprint density at radius 2 is 1.58 bits per heavy atom. The molecule has 0 heterocycles. The van der Waals surface area contributed by atoms with Crippen molar-refractivity contribution in [3.63, 3.8) is 0 Å². The van der Waals surface area contributed by atoms with Gasteiger partial charge in [-0.2, -0.15) is 0 Å². The molecule has 0 saturated carbocycles. The standard InChI is InChI=1S/C16H18ClNO/c17-16-8-4-7-15(11-16)13-18(9-10-19)12-14-5-2-1-3-6-14/h1-8,11,19H,9-10,12-13H2. The van der Waals surface area contributed by atoms with E-state index in [0.29, 0.717) is 6.54 Å². The molecule has 19 heavy (non-hydrogen) atoms. The van der Waals surface area contributed by atoms with E-state index in [4.69, 9.17) is 11.6 Å². The van der Waals surface area contributed by atoms with Gasteiger partial charge in [-0.05, 0) is 23.3 Å². The number of nitrogens with zero attached hydrogens (tertiary/aromatic N) is 1. The number of aliphatic hydroxyl groups excluding tert-OH is 1. The molecular weight excluding hydrogens is 258 g/mol. The molecule has 0 aliphatic heterocycles. The number of hydrogen-bond acceptors (Lipinski definition) is 2. The molecule has 100 valence electrons. The Morgan fingerprint density at radius 1 is 0.895 bits per heavy atom. The van der Waals surface area contributed by atoms with Gasteiger partial charge in [-0.3, -0.25) is 4.90 Å². The van der Waals surface area contributed by atoms with Gasteiger partial charge in [0, 0.05) is 24.7 Å². The summed E-state index contributed by atoms with van der Waals surface area (Å²) in [6.07, 6.45) is 0. The third kappa shape index (κ3) is 4.67. The molecule has 0 aliphatic carbocycles. The van der Waals surface area contributed by atoms with E-state index in [9.17, 15) is 5.11 Å². The molecule has 2 rings (SSSR count). The molecule has 0 amide bonds. The fourth-order valence-corrected chi connectivity index (χ4v) is 2.30. The fourth-order valence-electron chi connectivity index (χ4n) is 2.09. The molecule has 0 atom stereocenters. The lowest BCUT2D eigenvalue weighted by Gasteiger charge is -2.21. The first kappa shape index (κ1) is 14.1. The maximum atomic E-state index is 9.18. The summed E-state index contributed by atoms with van der Waals surface area (Å²) >= 11 is 6.00. The summed E-state index contributed by atoms with van der Waals surface area (Å²) in [6, 6.07) is 18.1. The smallest absolute Gasteiger partial charge is 0.0558 e. The maximum absolute atomic E-state index is 9.18. The van der Waals surface area contributed by atoms with Crippen molar-refractivity contribution < 1.29 is 5.11 Å². The number of halogens is 1. The van der Waals surface area contributed by atoms with E-state index in [1.165, 1.54) is 5.56 Å². The zero-order valence-corrected chi connectivity index (χ0v) is 11.6. The molecule has 0 fully saturated rings. The van der Waals surface area contributed by atoms with Gasteiger partial charge in [0.05, 0.1) is 6.61 Å². The van der Waals surface area contributed by atoms with Crippen molar-refractivity contribution in [1.29, 1.82) is 0 Å². The number of rotatable bonds is 6. The Bertz CT molecular complexity index is 501. The fraction of sp³-hybridized carbons (Fsp3) is 0.250. The van der Waals surface area contributed by atoms with E-state index in [1.807, 2.05) is 36.4 Å². The van der Waals surface area contributed by atoms with Crippen molar-refractivity contribution in [2.24, 2.45) is 0 Å². The van der Waals surface area contributed by atoms with Crippen LogP contribution in [0.4, 0.5) is 0 Å². The summed E-state index contributed by atoms with van der Waals surface area (Å²) in [5.41, 5.74) is 2.41. The van der Waals surface area contributed by atoms with Gasteiger partial charge in [-0.25, -0.2) is 0 Å². The average Bonchev–Trinajstić information content (AvgIpc) is 2.40. The third-order valence-corrected chi connectivity index (χ3v) is 3.20. The molecule has 1 N–H and O–H groups in total. The van der Waals surface area contributed by atoms with Gasteiger partial charge in [0.25, 0.3) is 0 Å². The summed E-state index contributed by atoms with van der Waals surface area (Å²) < 4.78 is 0. The number of benzene rings is 2. The van der Waals surface area contributed by atoms with Crippen molar-refractivity contribution in [1.82, 2.24) is 4.90 Å². The highest BCUT2D eigenvalue weighted by atomic mass is 35.5. The Labute approximate surface area is 119 Å². The van der Waals surface area contributed by atoms with Crippen LogP contribution in [0.5, 0.6) is 0 Å². The van der Waals surface area contributed by atoms with Crippen molar-refractivity contribution in [2.45, 2.75) is 13.1 Å². The van der Waals surface area contributed by atoms with Crippen molar-refractivity contribution >= 4 is 11.6 Å². The molecule has 0 radical (unpaired) electrons. The highest BCUT2D eigenvalue weighted by molar-refractivity contribution is 6.30. The van der Waals surface area contributed by atoms with E-state index in [2.05, 4.69) is 23.1 Å².